The lowest BCUT2D eigenvalue weighted by molar-refractivity contribution is 0.0514. The second-order valence-electron chi connectivity index (χ2n) is 5.06. The number of nitrogens with two attached hydrogens (primary N) is 1. The SMILES string of the molecule is Cc1c(C(=O)OCCc2ccccc2)sc2nc(N)[nH]c(=O)c12. The van der Waals surface area contributed by atoms with E-state index in [1.807, 2.05) is 30.3 Å². The molecule has 0 bridgehead atoms. The zero-order valence-corrected chi connectivity index (χ0v) is 13.3. The van der Waals surface area contributed by atoms with Crippen molar-refractivity contribution in [3.8, 4) is 0 Å². The smallest absolute Gasteiger partial charge is 0.348 e. The van der Waals surface area contributed by atoms with Gasteiger partial charge in [-0.05, 0) is 18.1 Å². The summed E-state index contributed by atoms with van der Waals surface area (Å²) in [6.07, 6.45) is 0.641. The number of aromatic nitrogens is 2. The number of nitrogen functional groups attached to an aromatic ring is 1. The highest BCUT2D eigenvalue weighted by Gasteiger charge is 2.20. The van der Waals surface area contributed by atoms with Crippen molar-refractivity contribution in [2.45, 2.75) is 13.3 Å². The highest BCUT2D eigenvalue weighted by molar-refractivity contribution is 7.20. The number of aryl methyl sites for hydroxylation is 1. The number of esters is 1. The molecule has 3 aromatic rings. The van der Waals surface area contributed by atoms with Gasteiger partial charge in [-0.2, -0.15) is 0 Å². The summed E-state index contributed by atoms with van der Waals surface area (Å²) in [7, 11) is 0. The van der Waals surface area contributed by atoms with Crippen LogP contribution in [-0.4, -0.2) is 22.5 Å². The molecule has 0 aliphatic rings. The van der Waals surface area contributed by atoms with E-state index in [1.165, 1.54) is 0 Å². The van der Waals surface area contributed by atoms with E-state index in [9.17, 15) is 9.59 Å². The number of carbonyl (C=O) groups is 1. The third kappa shape index (κ3) is 3.09. The second-order valence-corrected chi connectivity index (χ2v) is 6.06. The van der Waals surface area contributed by atoms with Gasteiger partial charge in [-0.1, -0.05) is 30.3 Å². The highest BCUT2D eigenvalue weighted by atomic mass is 32.1. The number of hydrogen-bond acceptors (Lipinski definition) is 6. The van der Waals surface area contributed by atoms with Crippen LogP contribution in [0.2, 0.25) is 0 Å². The number of nitrogens with zero attached hydrogens (tertiary/aromatic N) is 1. The summed E-state index contributed by atoms with van der Waals surface area (Å²) >= 11 is 1.12. The van der Waals surface area contributed by atoms with E-state index in [4.69, 9.17) is 10.5 Å². The molecule has 0 aliphatic carbocycles. The minimum Gasteiger partial charge on any atom is -0.461 e. The molecule has 6 nitrogen and oxygen atoms in total. The van der Waals surface area contributed by atoms with Gasteiger partial charge in [-0.25, -0.2) is 9.78 Å². The Labute approximate surface area is 135 Å². The molecule has 118 valence electrons. The molecule has 23 heavy (non-hydrogen) atoms. The van der Waals surface area contributed by atoms with Gasteiger partial charge in [0.05, 0.1) is 12.0 Å². The first-order valence-electron chi connectivity index (χ1n) is 7.06. The predicted octanol–water partition coefficient (Wildman–Crippen LogP) is 2.27. The van der Waals surface area contributed by atoms with Crippen LogP contribution in [0, 0.1) is 6.92 Å². The molecular weight excluding hydrogens is 314 g/mol. The monoisotopic (exact) mass is 329 g/mol. The fourth-order valence-corrected chi connectivity index (χ4v) is 3.41. The number of nitrogens with one attached hydrogen (secondary N) is 1. The molecule has 0 fully saturated rings. The number of H-pyrrole nitrogens is 1. The number of anilines is 1. The van der Waals surface area contributed by atoms with Gasteiger partial charge in [0.15, 0.2) is 0 Å². The van der Waals surface area contributed by atoms with E-state index in [0.29, 0.717) is 27.1 Å². The van der Waals surface area contributed by atoms with Crippen LogP contribution in [0.15, 0.2) is 35.1 Å². The van der Waals surface area contributed by atoms with Crippen molar-refractivity contribution in [3.63, 3.8) is 0 Å². The number of benzene rings is 1. The van der Waals surface area contributed by atoms with Gasteiger partial charge < -0.3 is 10.5 Å². The van der Waals surface area contributed by atoms with Crippen molar-refractivity contribution in [2.75, 3.05) is 12.3 Å². The van der Waals surface area contributed by atoms with E-state index < -0.39 is 5.97 Å². The number of aromatic amines is 1. The molecule has 0 saturated carbocycles. The van der Waals surface area contributed by atoms with E-state index >= 15 is 0 Å². The topological polar surface area (TPSA) is 98.1 Å². The fourth-order valence-electron chi connectivity index (χ4n) is 2.33. The van der Waals surface area contributed by atoms with Crippen LogP contribution < -0.4 is 11.3 Å². The van der Waals surface area contributed by atoms with Gasteiger partial charge >= 0.3 is 5.97 Å². The summed E-state index contributed by atoms with van der Waals surface area (Å²) in [5.41, 5.74) is 6.85. The molecule has 3 N–H and O–H groups in total. The molecular formula is C16H15N3O3S. The van der Waals surface area contributed by atoms with E-state index in [2.05, 4.69) is 9.97 Å². The molecule has 3 rings (SSSR count). The maximum atomic E-state index is 12.2. The summed E-state index contributed by atoms with van der Waals surface area (Å²) in [4.78, 5) is 31.5. The average Bonchev–Trinajstić information content (AvgIpc) is 2.85. The zero-order chi connectivity index (χ0) is 16.4. The predicted molar refractivity (Wildman–Crippen MR) is 89.8 cm³/mol. The van der Waals surface area contributed by atoms with Gasteiger partial charge in [0, 0.05) is 6.42 Å². The normalized spacial score (nSPS) is 10.8. The van der Waals surface area contributed by atoms with Crippen molar-refractivity contribution >= 4 is 33.5 Å². The van der Waals surface area contributed by atoms with Gasteiger partial charge in [0.25, 0.3) is 5.56 Å². The standard InChI is InChI=1S/C16H15N3O3S/c1-9-11-13(20)18-16(17)19-14(11)23-12(9)15(21)22-8-7-10-5-3-2-4-6-10/h2-6H,7-8H2,1H3,(H3,17,18,19,20). The third-order valence-corrected chi connectivity index (χ3v) is 4.64. The Balaban J connectivity index is 1.77. The molecule has 0 saturated heterocycles. The summed E-state index contributed by atoms with van der Waals surface area (Å²) < 4.78 is 5.31. The Bertz CT molecular complexity index is 915. The van der Waals surface area contributed by atoms with Crippen molar-refractivity contribution in [2.24, 2.45) is 0 Å². The Morgan fingerprint density at radius 3 is 2.83 bits per heavy atom. The van der Waals surface area contributed by atoms with E-state index in [0.717, 1.165) is 16.9 Å². The van der Waals surface area contributed by atoms with Crippen LogP contribution in [0.3, 0.4) is 0 Å². The lowest BCUT2D eigenvalue weighted by atomic mass is 10.2. The van der Waals surface area contributed by atoms with Crippen LogP contribution in [0.5, 0.6) is 0 Å². The molecule has 0 unspecified atom stereocenters. The number of thiophene rings is 1. The van der Waals surface area contributed by atoms with Gasteiger partial charge in [0.2, 0.25) is 5.95 Å². The van der Waals surface area contributed by atoms with Crippen molar-refractivity contribution < 1.29 is 9.53 Å². The molecule has 0 spiro atoms. The first kappa shape index (κ1) is 15.2. The summed E-state index contributed by atoms with van der Waals surface area (Å²) in [5, 5.41) is 0.388. The van der Waals surface area contributed by atoms with Crippen molar-refractivity contribution in [1.82, 2.24) is 9.97 Å². The lowest BCUT2D eigenvalue weighted by Crippen LogP contribution is -2.11. The highest BCUT2D eigenvalue weighted by Crippen LogP contribution is 2.27. The third-order valence-electron chi connectivity index (χ3n) is 3.47. The first-order chi connectivity index (χ1) is 11.1. The largest absolute Gasteiger partial charge is 0.461 e. The van der Waals surface area contributed by atoms with Crippen LogP contribution in [0.1, 0.15) is 20.8 Å². The molecule has 7 heteroatoms. The van der Waals surface area contributed by atoms with Gasteiger partial charge in [-0.15, -0.1) is 11.3 Å². The van der Waals surface area contributed by atoms with Gasteiger partial charge in [0.1, 0.15) is 9.71 Å². The van der Waals surface area contributed by atoms with Crippen molar-refractivity contribution in [1.29, 1.82) is 0 Å². The number of hydrogen-bond donors (Lipinski definition) is 2. The fraction of sp³-hybridized carbons (Fsp3) is 0.188. The zero-order valence-electron chi connectivity index (χ0n) is 12.5. The number of rotatable bonds is 4. The first-order valence-corrected chi connectivity index (χ1v) is 7.88. The molecule has 2 aromatic heterocycles. The Hall–Kier alpha value is -2.67. The Morgan fingerprint density at radius 1 is 1.35 bits per heavy atom. The Kier molecular flexibility index (Phi) is 4.12. The van der Waals surface area contributed by atoms with Crippen LogP contribution in [-0.2, 0) is 11.2 Å². The maximum absolute atomic E-state index is 12.2. The average molecular weight is 329 g/mol. The Morgan fingerprint density at radius 2 is 2.09 bits per heavy atom. The van der Waals surface area contributed by atoms with Crippen molar-refractivity contribution in [3.05, 3.63) is 56.7 Å². The number of fused-ring (bicyclic) bond motifs is 1. The quantitative estimate of drug-likeness (QED) is 0.716. The van der Waals surface area contributed by atoms with Gasteiger partial charge in [-0.3, -0.25) is 9.78 Å². The summed E-state index contributed by atoms with van der Waals surface area (Å²) in [6.45, 7) is 1.99. The maximum Gasteiger partial charge on any atom is 0.348 e. The molecule has 2 heterocycles. The van der Waals surface area contributed by atoms with E-state index in [-0.39, 0.29) is 18.1 Å². The van der Waals surface area contributed by atoms with E-state index in [1.54, 1.807) is 6.92 Å². The molecule has 0 aliphatic heterocycles. The molecule has 0 atom stereocenters. The van der Waals surface area contributed by atoms with Crippen LogP contribution in [0.4, 0.5) is 5.95 Å². The number of ether oxygens (including phenoxy) is 1. The van der Waals surface area contributed by atoms with Crippen LogP contribution >= 0.6 is 11.3 Å². The molecule has 0 amide bonds. The van der Waals surface area contributed by atoms with Crippen LogP contribution in [0.25, 0.3) is 10.2 Å². The molecule has 0 radical (unpaired) electrons. The molecule has 1 aromatic carbocycles. The summed E-state index contributed by atoms with van der Waals surface area (Å²) in [6, 6.07) is 9.77. The summed E-state index contributed by atoms with van der Waals surface area (Å²) in [5.74, 6) is -0.410. The lowest BCUT2D eigenvalue weighted by Gasteiger charge is -2.04. The number of carbonyl (C=O) groups excluding carboxylic acids is 1. The minimum atomic E-state index is -0.445. The second kappa shape index (κ2) is 6.21. The minimum absolute atomic E-state index is 0.0349.